The molecule has 2 aromatic carbocycles. The van der Waals surface area contributed by atoms with E-state index in [1.165, 1.54) is 14.2 Å². The van der Waals surface area contributed by atoms with Crippen LogP contribution in [-0.4, -0.2) is 61.8 Å². The van der Waals surface area contributed by atoms with E-state index in [1.54, 1.807) is 32.0 Å². The lowest BCUT2D eigenvalue weighted by atomic mass is 9.92. The first kappa shape index (κ1) is 22.6. The van der Waals surface area contributed by atoms with Gasteiger partial charge in [-0.25, -0.2) is 4.98 Å². The zero-order valence-corrected chi connectivity index (χ0v) is 19.3. The van der Waals surface area contributed by atoms with Crippen molar-refractivity contribution in [1.82, 2.24) is 15.3 Å². The molecule has 1 aromatic heterocycles. The Kier molecular flexibility index (Phi) is 6.24. The number of carbonyl (C=O) groups excluding carboxylic acids is 1. The lowest BCUT2D eigenvalue weighted by Gasteiger charge is -2.29. The van der Waals surface area contributed by atoms with Gasteiger partial charge in [-0.1, -0.05) is 18.2 Å². The number of carbonyl (C=O) groups is 1. The minimum atomic E-state index is -1.22. The van der Waals surface area contributed by atoms with Crippen LogP contribution >= 0.6 is 0 Å². The first-order chi connectivity index (χ1) is 15.9. The van der Waals surface area contributed by atoms with Crippen LogP contribution in [0.1, 0.15) is 24.2 Å². The molecule has 4 rings (SSSR count). The second-order valence-electron chi connectivity index (χ2n) is 8.28. The highest BCUT2D eigenvalue weighted by Crippen LogP contribution is 2.41. The molecule has 2 heterocycles. The summed E-state index contributed by atoms with van der Waals surface area (Å²) in [5, 5.41) is 3.72. The number of hydrogen-bond donors (Lipinski definition) is 2. The molecule has 0 aliphatic carbocycles. The van der Waals surface area contributed by atoms with Crippen LogP contribution in [0, 0.1) is 0 Å². The molecule has 3 N–H and O–H groups in total. The van der Waals surface area contributed by atoms with Crippen LogP contribution in [0.15, 0.2) is 36.4 Å². The van der Waals surface area contributed by atoms with E-state index in [-0.39, 0.29) is 22.9 Å². The van der Waals surface area contributed by atoms with E-state index in [0.717, 1.165) is 26.2 Å². The third-order valence-electron chi connectivity index (χ3n) is 5.64. The van der Waals surface area contributed by atoms with Crippen LogP contribution < -0.4 is 30.2 Å². The fraction of sp³-hybridized carbons (Fsp3) is 0.375. The molecule has 0 saturated carbocycles. The molecular formula is C24H29N5O4. The quantitative estimate of drug-likeness (QED) is 0.524. The van der Waals surface area contributed by atoms with E-state index in [2.05, 4.69) is 15.2 Å². The van der Waals surface area contributed by atoms with E-state index in [9.17, 15) is 4.79 Å². The standard InChI is InChI=1S/C24H29N5O4/c1-24(2,33-15-8-6-5-7-9-15)21(30)19-18-16(14-17(31-3)20(19)32-4)27-23(28-22(18)25)29-12-10-26-11-13-29/h5-9,14,26H,10-13H2,1-4H3,(H2,25,27,28). The van der Waals surface area contributed by atoms with Gasteiger partial charge in [0.25, 0.3) is 0 Å². The highest BCUT2D eigenvalue weighted by atomic mass is 16.5. The number of aromatic nitrogens is 2. The molecule has 0 atom stereocenters. The molecular weight excluding hydrogens is 422 g/mol. The number of ketones is 1. The number of nitrogens with one attached hydrogen (secondary N) is 1. The van der Waals surface area contributed by atoms with Crippen LogP contribution in [0.3, 0.4) is 0 Å². The molecule has 1 fully saturated rings. The second-order valence-corrected chi connectivity index (χ2v) is 8.28. The average Bonchev–Trinajstić information content (AvgIpc) is 2.83. The van der Waals surface area contributed by atoms with Crippen molar-refractivity contribution in [2.75, 3.05) is 51.0 Å². The monoisotopic (exact) mass is 451 g/mol. The zero-order valence-electron chi connectivity index (χ0n) is 19.3. The Balaban J connectivity index is 1.87. The predicted octanol–water partition coefficient (Wildman–Crippen LogP) is 2.68. The third kappa shape index (κ3) is 4.36. The third-order valence-corrected chi connectivity index (χ3v) is 5.64. The number of fused-ring (bicyclic) bond motifs is 1. The lowest BCUT2D eigenvalue weighted by Crippen LogP contribution is -2.44. The van der Waals surface area contributed by atoms with E-state index in [1.807, 2.05) is 18.2 Å². The van der Waals surface area contributed by atoms with E-state index < -0.39 is 5.60 Å². The summed E-state index contributed by atoms with van der Waals surface area (Å²) in [6, 6.07) is 10.9. The van der Waals surface area contributed by atoms with Crippen LogP contribution in [0.2, 0.25) is 0 Å². The molecule has 33 heavy (non-hydrogen) atoms. The lowest BCUT2D eigenvalue weighted by molar-refractivity contribution is 0.0582. The first-order valence-corrected chi connectivity index (χ1v) is 10.8. The number of para-hydroxylation sites is 1. The van der Waals surface area contributed by atoms with Crippen LogP contribution in [0.5, 0.6) is 17.2 Å². The number of piperazine rings is 1. The molecule has 9 heteroatoms. The van der Waals surface area contributed by atoms with Crippen LogP contribution in [-0.2, 0) is 0 Å². The number of benzene rings is 2. The minimum Gasteiger partial charge on any atom is -0.493 e. The van der Waals surface area contributed by atoms with Crippen molar-refractivity contribution < 1.29 is 19.0 Å². The highest BCUT2D eigenvalue weighted by Gasteiger charge is 2.37. The second kappa shape index (κ2) is 9.11. The summed E-state index contributed by atoms with van der Waals surface area (Å²) in [6.45, 7) is 6.62. The number of Topliss-reactive ketones (excluding diaryl/α,β-unsaturated/α-hetero) is 1. The van der Waals surface area contributed by atoms with E-state index in [0.29, 0.717) is 28.4 Å². The number of ether oxygens (including phenoxy) is 3. The fourth-order valence-corrected chi connectivity index (χ4v) is 3.98. The van der Waals surface area contributed by atoms with Gasteiger partial charge in [-0.3, -0.25) is 4.79 Å². The molecule has 0 spiro atoms. The molecule has 1 saturated heterocycles. The average molecular weight is 452 g/mol. The summed E-state index contributed by atoms with van der Waals surface area (Å²) in [7, 11) is 3.00. The molecule has 1 aliphatic heterocycles. The number of anilines is 2. The Bertz CT molecular complexity index is 1160. The van der Waals surface area contributed by atoms with Crippen molar-refractivity contribution in [2.24, 2.45) is 0 Å². The minimum absolute atomic E-state index is 0.202. The summed E-state index contributed by atoms with van der Waals surface area (Å²) in [5.41, 5.74) is 5.95. The summed E-state index contributed by atoms with van der Waals surface area (Å²) < 4.78 is 17.2. The van der Waals surface area contributed by atoms with Gasteiger partial charge in [0.2, 0.25) is 11.7 Å². The maximum atomic E-state index is 13.9. The number of rotatable bonds is 7. The summed E-state index contributed by atoms with van der Waals surface area (Å²) >= 11 is 0. The number of hydrogen-bond acceptors (Lipinski definition) is 9. The van der Waals surface area contributed by atoms with Gasteiger partial charge in [-0.2, -0.15) is 4.98 Å². The maximum absolute atomic E-state index is 13.9. The summed E-state index contributed by atoms with van der Waals surface area (Å²) in [5.74, 6) is 1.63. The van der Waals surface area contributed by atoms with Crippen LogP contribution in [0.4, 0.5) is 11.8 Å². The van der Waals surface area contributed by atoms with Gasteiger partial charge in [0.15, 0.2) is 17.1 Å². The van der Waals surface area contributed by atoms with Crippen LogP contribution in [0.25, 0.3) is 10.9 Å². The van der Waals surface area contributed by atoms with Crippen molar-refractivity contribution in [3.05, 3.63) is 42.0 Å². The Morgan fingerprint density at radius 1 is 1.09 bits per heavy atom. The predicted molar refractivity (Wildman–Crippen MR) is 128 cm³/mol. The van der Waals surface area contributed by atoms with Gasteiger partial charge < -0.3 is 30.2 Å². The number of nitrogens with two attached hydrogens (primary N) is 1. The van der Waals surface area contributed by atoms with E-state index >= 15 is 0 Å². The van der Waals surface area contributed by atoms with Crippen molar-refractivity contribution in [3.63, 3.8) is 0 Å². The van der Waals surface area contributed by atoms with Gasteiger partial charge in [0.1, 0.15) is 11.6 Å². The van der Waals surface area contributed by atoms with E-state index in [4.69, 9.17) is 24.9 Å². The number of nitrogens with zero attached hydrogens (tertiary/aromatic N) is 3. The Morgan fingerprint density at radius 3 is 2.42 bits per heavy atom. The molecule has 0 radical (unpaired) electrons. The molecule has 174 valence electrons. The number of methoxy groups -OCH3 is 2. The number of nitrogen functional groups attached to an aromatic ring is 1. The van der Waals surface area contributed by atoms with Crippen molar-refractivity contribution in [1.29, 1.82) is 0 Å². The normalized spacial score (nSPS) is 14.2. The SMILES string of the molecule is COc1cc2nc(N3CCNCC3)nc(N)c2c(C(=O)C(C)(C)Oc2ccccc2)c1OC. The van der Waals surface area contributed by atoms with Crippen molar-refractivity contribution >= 4 is 28.5 Å². The van der Waals surface area contributed by atoms with Gasteiger partial charge in [-0.05, 0) is 26.0 Å². The van der Waals surface area contributed by atoms with Gasteiger partial charge in [0.05, 0.1) is 30.7 Å². The smallest absolute Gasteiger partial charge is 0.227 e. The molecule has 0 bridgehead atoms. The first-order valence-electron chi connectivity index (χ1n) is 10.8. The largest absolute Gasteiger partial charge is 0.493 e. The topological polar surface area (TPSA) is 112 Å². The van der Waals surface area contributed by atoms with Gasteiger partial charge in [-0.15, -0.1) is 0 Å². The molecule has 0 amide bonds. The highest BCUT2D eigenvalue weighted by molar-refractivity contribution is 6.16. The molecule has 0 unspecified atom stereocenters. The molecule has 9 nitrogen and oxygen atoms in total. The van der Waals surface area contributed by atoms with Crippen molar-refractivity contribution in [2.45, 2.75) is 19.4 Å². The van der Waals surface area contributed by atoms with Crippen molar-refractivity contribution in [3.8, 4) is 17.2 Å². The fourth-order valence-electron chi connectivity index (χ4n) is 3.98. The molecule has 1 aliphatic rings. The Morgan fingerprint density at radius 2 is 1.79 bits per heavy atom. The Hall–Kier alpha value is -3.59. The van der Waals surface area contributed by atoms with Gasteiger partial charge >= 0.3 is 0 Å². The summed E-state index contributed by atoms with van der Waals surface area (Å²) in [6.07, 6.45) is 0. The Labute approximate surface area is 192 Å². The van der Waals surface area contributed by atoms with Gasteiger partial charge in [0, 0.05) is 32.2 Å². The zero-order chi connectivity index (χ0) is 23.6. The summed E-state index contributed by atoms with van der Waals surface area (Å²) in [4.78, 5) is 25.2. The molecule has 3 aromatic rings. The maximum Gasteiger partial charge on any atom is 0.227 e.